The van der Waals surface area contributed by atoms with E-state index < -0.39 is 0 Å². The minimum Gasteiger partial charge on any atom is -0.477 e. The molecule has 1 aromatic rings. The van der Waals surface area contributed by atoms with Crippen LogP contribution in [0.1, 0.15) is 5.56 Å². The molecule has 2 rings (SSSR count). The summed E-state index contributed by atoms with van der Waals surface area (Å²) in [5.41, 5.74) is 2.19. The lowest BCUT2D eigenvalue weighted by Gasteiger charge is -2.19. The molecule has 0 N–H and O–H groups in total. The van der Waals surface area contributed by atoms with Crippen molar-refractivity contribution in [3.05, 3.63) is 40.8 Å². The van der Waals surface area contributed by atoms with Crippen LogP contribution >= 0.6 is 23.8 Å². The zero-order valence-electron chi connectivity index (χ0n) is 8.81. The highest BCUT2D eigenvalue weighted by molar-refractivity contribution is 7.80. The average molecular weight is 255 g/mol. The maximum atomic E-state index is 5.72. The maximum Gasteiger partial charge on any atom is 0.186 e. The van der Waals surface area contributed by atoms with Crippen LogP contribution in [0.4, 0.5) is 0 Å². The third-order valence-electron chi connectivity index (χ3n) is 2.35. The molecule has 5 heteroatoms. The second kappa shape index (κ2) is 4.80. The molecule has 3 nitrogen and oxygen atoms in total. The predicted molar refractivity (Wildman–Crippen MR) is 67.3 cm³/mol. The van der Waals surface area contributed by atoms with Crippen LogP contribution in [0.3, 0.4) is 0 Å². The van der Waals surface area contributed by atoms with Crippen LogP contribution in [-0.4, -0.2) is 28.6 Å². The fraction of sp³-hybridized carbons (Fsp3) is 0.273. The van der Waals surface area contributed by atoms with Crippen LogP contribution in [0.2, 0.25) is 5.15 Å². The number of likely N-dealkylation sites (N-methyl/N-ethyl adjacent to an activating group) is 1. The number of thiocarbonyl (C=S) groups is 1. The molecule has 0 atom stereocenters. The Kier molecular flexibility index (Phi) is 3.41. The number of hydrogen-bond donors (Lipinski definition) is 0. The van der Waals surface area contributed by atoms with E-state index in [4.69, 9.17) is 28.6 Å². The van der Waals surface area contributed by atoms with E-state index in [2.05, 4.69) is 9.88 Å². The largest absolute Gasteiger partial charge is 0.477 e. The van der Waals surface area contributed by atoms with Gasteiger partial charge in [0.1, 0.15) is 11.8 Å². The quantitative estimate of drug-likeness (QED) is 0.611. The predicted octanol–water partition coefficient (Wildman–Crippen LogP) is 2.41. The summed E-state index contributed by atoms with van der Waals surface area (Å²) in [5, 5.41) is 1.06. The number of rotatable bonds is 3. The molecule has 0 amide bonds. The van der Waals surface area contributed by atoms with Crippen molar-refractivity contribution in [3.8, 4) is 0 Å². The lowest BCUT2D eigenvalue weighted by Crippen LogP contribution is -2.18. The zero-order valence-corrected chi connectivity index (χ0v) is 10.4. The molecule has 2 heterocycles. The standard InChI is InChI=1S/C11H11ClN2OS/c1-14(9-4-11(16)15-7-9)6-8-2-3-10(12)13-5-8/h2-5H,6-7H2,1H3. The van der Waals surface area contributed by atoms with E-state index in [9.17, 15) is 0 Å². The smallest absolute Gasteiger partial charge is 0.186 e. The van der Waals surface area contributed by atoms with Gasteiger partial charge in [-0.25, -0.2) is 4.98 Å². The Labute approximate surface area is 105 Å². The highest BCUT2D eigenvalue weighted by Crippen LogP contribution is 2.14. The van der Waals surface area contributed by atoms with Gasteiger partial charge in [0.25, 0.3) is 0 Å². The van der Waals surface area contributed by atoms with Gasteiger partial charge in [-0.15, -0.1) is 0 Å². The van der Waals surface area contributed by atoms with E-state index in [1.165, 1.54) is 0 Å². The summed E-state index contributed by atoms with van der Waals surface area (Å²) in [5.74, 6) is 0. The first-order valence-electron chi connectivity index (χ1n) is 4.84. The summed E-state index contributed by atoms with van der Waals surface area (Å²) < 4.78 is 5.20. The van der Waals surface area contributed by atoms with E-state index in [0.29, 0.717) is 16.8 Å². The molecular formula is C11H11ClN2OS. The molecule has 16 heavy (non-hydrogen) atoms. The van der Waals surface area contributed by atoms with Crippen molar-refractivity contribution in [2.24, 2.45) is 0 Å². The van der Waals surface area contributed by atoms with E-state index in [1.54, 1.807) is 12.3 Å². The highest BCUT2D eigenvalue weighted by Gasteiger charge is 2.14. The normalized spacial score (nSPS) is 14.6. The minimum atomic E-state index is 0.510. The lowest BCUT2D eigenvalue weighted by molar-refractivity contribution is 0.304. The van der Waals surface area contributed by atoms with Crippen LogP contribution in [0.25, 0.3) is 0 Å². The molecule has 0 aromatic carbocycles. The number of nitrogens with zero attached hydrogens (tertiary/aromatic N) is 2. The van der Waals surface area contributed by atoms with Gasteiger partial charge in [-0.1, -0.05) is 17.7 Å². The minimum absolute atomic E-state index is 0.510. The van der Waals surface area contributed by atoms with Gasteiger partial charge in [-0.2, -0.15) is 0 Å². The summed E-state index contributed by atoms with van der Waals surface area (Å²) >= 11 is 10.7. The van der Waals surface area contributed by atoms with Crippen molar-refractivity contribution >= 4 is 28.9 Å². The number of ether oxygens (including phenoxy) is 1. The summed E-state index contributed by atoms with van der Waals surface area (Å²) in [6.07, 6.45) is 3.65. The molecule has 1 aromatic heterocycles. The highest BCUT2D eigenvalue weighted by atomic mass is 35.5. The van der Waals surface area contributed by atoms with Crippen LogP contribution < -0.4 is 0 Å². The van der Waals surface area contributed by atoms with Gasteiger partial charge in [0, 0.05) is 25.9 Å². The van der Waals surface area contributed by atoms with Crippen molar-refractivity contribution in [2.75, 3.05) is 13.7 Å². The van der Waals surface area contributed by atoms with Gasteiger partial charge in [0.15, 0.2) is 5.05 Å². The zero-order chi connectivity index (χ0) is 11.5. The van der Waals surface area contributed by atoms with Crippen LogP contribution in [0.5, 0.6) is 0 Å². The van der Waals surface area contributed by atoms with Gasteiger partial charge >= 0.3 is 0 Å². The number of pyridine rings is 1. The topological polar surface area (TPSA) is 25.4 Å². The second-order valence-electron chi connectivity index (χ2n) is 3.59. The SMILES string of the molecule is CN(Cc1ccc(Cl)nc1)C1=CC(=S)OC1. The Balaban J connectivity index is 2.02. The monoisotopic (exact) mass is 254 g/mol. The molecule has 84 valence electrons. The molecule has 0 radical (unpaired) electrons. The van der Waals surface area contributed by atoms with Crippen molar-refractivity contribution < 1.29 is 4.74 Å². The Morgan fingerprint density at radius 3 is 2.94 bits per heavy atom. The second-order valence-corrected chi connectivity index (χ2v) is 4.38. The first-order chi connectivity index (χ1) is 7.65. The molecule has 0 bridgehead atoms. The van der Waals surface area contributed by atoms with E-state index in [-0.39, 0.29) is 0 Å². The Morgan fingerprint density at radius 2 is 2.38 bits per heavy atom. The number of hydrogen-bond acceptors (Lipinski definition) is 4. The van der Waals surface area contributed by atoms with Crippen molar-refractivity contribution in [2.45, 2.75) is 6.54 Å². The molecular weight excluding hydrogens is 244 g/mol. The third kappa shape index (κ3) is 2.71. The van der Waals surface area contributed by atoms with Gasteiger partial charge in [-0.05, 0) is 23.8 Å². The lowest BCUT2D eigenvalue weighted by atomic mass is 10.2. The Bertz CT molecular complexity index is 430. The molecule has 0 aliphatic carbocycles. The van der Waals surface area contributed by atoms with E-state index >= 15 is 0 Å². The van der Waals surface area contributed by atoms with Crippen LogP contribution in [-0.2, 0) is 11.3 Å². The van der Waals surface area contributed by atoms with Crippen molar-refractivity contribution in [1.82, 2.24) is 9.88 Å². The molecule has 0 spiro atoms. The Hall–Kier alpha value is -1.13. The average Bonchev–Trinajstić information content (AvgIpc) is 2.68. The summed E-state index contributed by atoms with van der Waals surface area (Å²) in [6, 6.07) is 3.75. The molecule has 1 aliphatic heterocycles. The first-order valence-corrected chi connectivity index (χ1v) is 5.62. The molecule has 0 unspecified atom stereocenters. The number of aromatic nitrogens is 1. The molecule has 1 aliphatic rings. The van der Waals surface area contributed by atoms with Crippen molar-refractivity contribution in [3.63, 3.8) is 0 Å². The Morgan fingerprint density at radius 1 is 1.56 bits per heavy atom. The summed E-state index contributed by atoms with van der Waals surface area (Å²) in [7, 11) is 2.00. The fourth-order valence-corrected chi connectivity index (χ4v) is 1.77. The summed E-state index contributed by atoms with van der Waals surface area (Å²) in [4.78, 5) is 6.12. The molecule has 0 saturated carbocycles. The van der Waals surface area contributed by atoms with E-state index in [1.807, 2.05) is 19.2 Å². The number of halogens is 1. The maximum absolute atomic E-state index is 5.72. The van der Waals surface area contributed by atoms with Crippen LogP contribution in [0.15, 0.2) is 30.1 Å². The van der Waals surface area contributed by atoms with Crippen molar-refractivity contribution in [1.29, 1.82) is 0 Å². The molecule has 0 saturated heterocycles. The van der Waals surface area contributed by atoms with Gasteiger partial charge in [-0.3, -0.25) is 0 Å². The molecule has 0 fully saturated rings. The third-order valence-corrected chi connectivity index (χ3v) is 2.80. The van der Waals surface area contributed by atoms with Gasteiger partial charge in [0.05, 0.1) is 5.70 Å². The summed E-state index contributed by atoms with van der Waals surface area (Å²) in [6.45, 7) is 1.32. The van der Waals surface area contributed by atoms with E-state index in [0.717, 1.165) is 17.8 Å². The van der Waals surface area contributed by atoms with Gasteiger partial charge < -0.3 is 9.64 Å². The first kappa shape index (κ1) is 11.4. The van der Waals surface area contributed by atoms with Crippen LogP contribution in [0, 0.1) is 0 Å². The van der Waals surface area contributed by atoms with Gasteiger partial charge in [0.2, 0.25) is 0 Å². The fourth-order valence-electron chi connectivity index (χ4n) is 1.46.